The maximum absolute atomic E-state index is 6.21. The van der Waals surface area contributed by atoms with E-state index in [1.54, 1.807) is 7.11 Å². The van der Waals surface area contributed by atoms with Crippen molar-refractivity contribution < 1.29 is 4.74 Å². The van der Waals surface area contributed by atoms with E-state index in [2.05, 4.69) is 48.9 Å². The molecule has 0 bridgehead atoms. The van der Waals surface area contributed by atoms with E-state index in [0.29, 0.717) is 11.3 Å². The zero-order valence-electron chi connectivity index (χ0n) is 13.9. The van der Waals surface area contributed by atoms with E-state index in [1.807, 2.05) is 19.2 Å². The molecule has 0 radical (unpaired) electrons. The van der Waals surface area contributed by atoms with Gasteiger partial charge in [-0.15, -0.1) is 0 Å². The van der Waals surface area contributed by atoms with Gasteiger partial charge < -0.3 is 10.1 Å². The van der Waals surface area contributed by atoms with Crippen molar-refractivity contribution in [2.75, 3.05) is 14.2 Å². The summed E-state index contributed by atoms with van der Waals surface area (Å²) in [5, 5.41) is 4.13. The molecule has 0 saturated carbocycles. The standard InChI is InChI=1S/C17H27BrClNO/c1-11(10-17(2,3)4)7-15(20-5)13-8-12(19)9-14(18)16(13)21-6/h8-9,11,15,20H,7,10H2,1-6H3. The zero-order chi connectivity index (χ0) is 16.2. The first-order chi connectivity index (χ1) is 9.67. The Labute approximate surface area is 142 Å². The Hall–Kier alpha value is -0.250. The minimum absolute atomic E-state index is 0.229. The van der Waals surface area contributed by atoms with Crippen LogP contribution in [0.5, 0.6) is 5.75 Å². The van der Waals surface area contributed by atoms with Gasteiger partial charge in [0.15, 0.2) is 0 Å². The molecule has 120 valence electrons. The van der Waals surface area contributed by atoms with Gasteiger partial charge in [0.05, 0.1) is 11.6 Å². The molecule has 21 heavy (non-hydrogen) atoms. The predicted octanol–water partition coefficient (Wildman–Crippen LogP) is 5.83. The fraction of sp³-hybridized carbons (Fsp3) is 0.647. The number of ether oxygens (including phenoxy) is 1. The van der Waals surface area contributed by atoms with Gasteiger partial charge in [0.25, 0.3) is 0 Å². The lowest BCUT2D eigenvalue weighted by Crippen LogP contribution is -2.22. The third-order valence-electron chi connectivity index (χ3n) is 3.56. The van der Waals surface area contributed by atoms with Crippen LogP contribution in [0.3, 0.4) is 0 Å². The smallest absolute Gasteiger partial charge is 0.137 e. The lowest BCUT2D eigenvalue weighted by atomic mass is 9.82. The molecule has 0 saturated heterocycles. The molecule has 0 aliphatic carbocycles. The van der Waals surface area contributed by atoms with Crippen molar-refractivity contribution in [2.45, 2.75) is 46.6 Å². The van der Waals surface area contributed by atoms with E-state index in [1.165, 1.54) is 6.42 Å². The number of methoxy groups -OCH3 is 1. The van der Waals surface area contributed by atoms with Gasteiger partial charge in [-0.25, -0.2) is 0 Å². The molecule has 1 aromatic rings. The molecule has 4 heteroatoms. The van der Waals surface area contributed by atoms with Gasteiger partial charge >= 0.3 is 0 Å². The molecule has 2 unspecified atom stereocenters. The first kappa shape index (κ1) is 18.8. The van der Waals surface area contributed by atoms with E-state index in [0.717, 1.165) is 27.2 Å². The summed E-state index contributed by atoms with van der Waals surface area (Å²) in [5.74, 6) is 1.48. The number of nitrogens with one attached hydrogen (secondary N) is 1. The summed E-state index contributed by atoms with van der Waals surface area (Å²) in [6, 6.07) is 4.10. The predicted molar refractivity (Wildman–Crippen MR) is 95.4 cm³/mol. The average Bonchev–Trinajstić information content (AvgIpc) is 2.32. The highest BCUT2D eigenvalue weighted by molar-refractivity contribution is 9.10. The van der Waals surface area contributed by atoms with E-state index in [9.17, 15) is 0 Å². The number of halogens is 2. The maximum atomic E-state index is 6.21. The summed E-state index contributed by atoms with van der Waals surface area (Å²) in [6.45, 7) is 9.17. The minimum atomic E-state index is 0.229. The second-order valence-electron chi connectivity index (χ2n) is 6.96. The largest absolute Gasteiger partial charge is 0.495 e. The van der Waals surface area contributed by atoms with Crippen LogP contribution < -0.4 is 10.1 Å². The van der Waals surface area contributed by atoms with E-state index < -0.39 is 0 Å². The minimum Gasteiger partial charge on any atom is -0.495 e. The third kappa shape index (κ3) is 5.80. The third-order valence-corrected chi connectivity index (χ3v) is 4.37. The van der Waals surface area contributed by atoms with Crippen LogP contribution in [0.25, 0.3) is 0 Å². The van der Waals surface area contributed by atoms with Crippen LogP contribution in [0, 0.1) is 11.3 Å². The van der Waals surface area contributed by atoms with Crippen LogP contribution in [0.15, 0.2) is 16.6 Å². The van der Waals surface area contributed by atoms with Crippen LogP contribution >= 0.6 is 27.5 Å². The number of rotatable bonds is 6. The first-order valence-corrected chi connectivity index (χ1v) is 8.55. The zero-order valence-corrected chi connectivity index (χ0v) is 16.2. The summed E-state index contributed by atoms with van der Waals surface area (Å²) in [7, 11) is 3.69. The Morgan fingerprint density at radius 3 is 2.43 bits per heavy atom. The van der Waals surface area contributed by atoms with Gasteiger partial charge in [-0.1, -0.05) is 39.3 Å². The molecule has 1 aromatic carbocycles. The maximum Gasteiger partial charge on any atom is 0.137 e. The van der Waals surface area contributed by atoms with Crippen molar-refractivity contribution in [3.05, 3.63) is 27.2 Å². The van der Waals surface area contributed by atoms with Gasteiger partial charge in [0.1, 0.15) is 5.75 Å². The van der Waals surface area contributed by atoms with E-state index in [-0.39, 0.29) is 6.04 Å². The molecule has 0 aromatic heterocycles. The van der Waals surface area contributed by atoms with Crippen molar-refractivity contribution in [2.24, 2.45) is 11.3 Å². The van der Waals surface area contributed by atoms with E-state index in [4.69, 9.17) is 16.3 Å². The van der Waals surface area contributed by atoms with Gasteiger partial charge in [-0.3, -0.25) is 0 Å². The van der Waals surface area contributed by atoms with Crippen molar-refractivity contribution in [3.63, 3.8) is 0 Å². The summed E-state index contributed by atoms with van der Waals surface area (Å²) < 4.78 is 6.45. The monoisotopic (exact) mass is 375 g/mol. The lowest BCUT2D eigenvalue weighted by Gasteiger charge is -2.28. The molecule has 0 aliphatic heterocycles. The van der Waals surface area contributed by atoms with Gasteiger partial charge in [-0.05, 0) is 59.3 Å². The molecule has 1 N–H and O–H groups in total. The van der Waals surface area contributed by atoms with Crippen molar-refractivity contribution in [1.29, 1.82) is 0 Å². The van der Waals surface area contributed by atoms with Crippen molar-refractivity contribution in [1.82, 2.24) is 5.32 Å². The highest BCUT2D eigenvalue weighted by atomic mass is 79.9. The Morgan fingerprint density at radius 2 is 1.95 bits per heavy atom. The van der Waals surface area contributed by atoms with Crippen LogP contribution in [-0.2, 0) is 0 Å². The summed E-state index contributed by atoms with van der Waals surface area (Å²) >= 11 is 9.74. The average molecular weight is 377 g/mol. The van der Waals surface area contributed by atoms with Crippen LogP contribution in [0.1, 0.15) is 52.1 Å². The highest BCUT2D eigenvalue weighted by Gasteiger charge is 2.22. The SMILES string of the molecule is CNC(CC(C)CC(C)(C)C)c1cc(Cl)cc(Br)c1OC. The fourth-order valence-corrected chi connectivity index (χ4v) is 3.98. The second kappa shape index (κ2) is 7.85. The van der Waals surface area contributed by atoms with Gasteiger partial charge in [-0.2, -0.15) is 0 Å². The molecule has 1 rings (SSSR count). The van der Waals surface area contributed by atoms with Crippen LogP contribution in [0.2, 0.25) is 5.02 Å². The van der Waals surface area contributed by atoms with E-state index >= 15 is 0 Å². The molecular weight excluding hydrogens is 350 g/mol. The number of benzene rings is 1. The molecule has 0 fully saturated rings. The summed E-state index contributed by atoms with van der Waals surface area (Å²) in [4.78, 5) is 0. The molecular formula is C17H27BrClNO. The van der Waals surface area contributed by atoms with Crippen molar-refractivity contribution in [3.8, 4) is 5.75 Å². The molecule has 2 atom stereocenters. The molecule has 0 heterocycles. The fourth-order valence-electron chi connectivity index (χ4n) is 2.99. The number of hydrogen-bond acceptors (Lipinski definition) is 2. The normalized spacial score (nSPS) is 14.9. The second-order valence-corrected chi connectivity index (χ2v) is 8.25. The molecule has 0 amide bonds. The Kier molecular flexibility index (Phi) is 7.02. The van der Waals surface area contributed by atoms with Crippen LogP contribution in [0.4, 0.5) is 0 Å². The number of hydrogen-bond donors (Lipinski definition) is 1. The topological polar surface area (TPSA) is 21.3 Å². The molecule has 0 aliphatic rings. The summed E-state index contributed by atoms with van der Waals surface area (Å²) in [6.07, 6.45) is 2.24. The quantitative estimate of drug-likeness (QED) is 0.674. The molecule has 2 nitrogen and oxygen atoms in total. The molecule has 0 spiro atoms. The lowest BCUT2D eigenvalue weighted by molar-refractivity contribution is 0.277. The summed E-state index contributed by atoms with van der Waals surface area (Å²) in [5.41, 5.74) is 1.46. The van der Waals surface area contributed by atoms with Gasteiger partial charge in [0.2, 0.25) is 0 Å². The van der Waals surface area contributed by atoms with Gasteiger partial charge in [0, 0.05) is 16.6 Å². The highest BCUT2D eigenvalue weighted by Crippen LogP contribution is 2.39. The van der Waals surface area contributed by atoms with Crippen molar-refractivity contribution >= 4 is 27.5 Å². The first-order valence-electron chi connectivity index (χ1n) is 7.38. The Balaban J connectivity index is 3.00. The Morgan fingerprint density at radius 1 is 1.33 bits per heavy atom. The van der Waals surface area contributed by atoms with Crippen LogP contribution in [-0.4, -0.2) is 14.2 Å². The Bertz CT molecular complexity index is 471.